The van der Waals surface area contributed by atoms with Gasteiger partial charge in [-0.1, -0.05) is 6.92 Å². The average Bonchev–Trinajstić information content (AvgIpc) is 2.88. The third-order valence-corrected chi connectivity index (χ3v) is 6.70. The Morgan fingerprint density at radius 2 is 2.12 bits per heavy atom. The zero-order valence-electron chi connectivity index (χ0n) is 13.6. The van der Waals surface area contributed by atoms with E-state index in [1.54, 1.807) is 11.3 Å². The third kappa shape index (κ3) is 2.60. The molecule has 0 fully saturated rings. The lowest BCUT2D eigenvalue weighted by molar-refractivity contribution is 0.0935. The van der Waals surface area contributed by atoms with Crippen molar-refractivity contribution in [2.45, 2.75) is 39.3 Å². The zero-order valence-corrected chi connectivity index (χ0v) is 16.5. The van der Waals surface area contributed by atoms with E-state index in [1.165, 1.54) is 10.4 Å². The number of thiophene rings is 1. The van der Waals surface area contributed by atoms with Crippen molar-refractivity contribution in [3.63, 3.8) is 0 Å². The Morgan fingerprint density at radius 3 is 2.92 bits per heavy atom. The Morgan fingerprint density at radius 1 is 1.33 bits per heavy atom. The van der Waals surface area contributed by atoms with Crippen LogP contribution in [0.1, 0.15) is 51.4 Å². The molecule has 2 atom stereocenters. The van der Waals surface area contributed by atoms with Gasteiger partial charge in [-0.2, -0.15) is 0 Å². The normalized spacial score (nSPS) is 22.4. The molecule has 0 saturated heterocycles. The van der Waals surface area contributed by atoms with Crippen LogP contribution >= 0.6 is 33.9 Å². The number of nitrogens with one attached hydrogen (secondary N) is 2. The van der Waals surface area contributed by atoms with Crippen LogP contribution in [-0.2, 0) is 12.8 Å². The van der Waals surface area contributed by atoms with Gasteiger partial charge in [-0.25, -0.2) is 0 Å². The van der Waals surface area contributed by atoms with Crippen molar-refractivity contribution >= 4 is 44.8 Å². The summed E-state index contributed by atoms with van der Waals surface area (Å²) in [6.45, 7) is 4.15. The van der Waals surface area contributed by atoms with Gasteiger partial charge in [0.05, 0.1) is 5.56 Å². The highest BCUT2D eigenvalue weighted by Crippen LogP contribution is 2.43. The largest absolute Gasteiger partial charge is 0.507 e. The molecule has 24 heavy (non-hydrogen) atoms. The predicted molar refractivity (Wildman–Crippen MR) is 105 cm³/mol. The van der Waals surface area contributed by atoms with E-state index >= 15 is 0 Å². The fourth-order valence-electron chi connectivity index (χ4n) is 3.60. The monoisotopic (exact) mass is 454 g/mol. The van der Waals surface area contributed by atoms with Crippen molar-refractivity contribution in [2.24, 2.45) is 5.92 Å². The second-order valence-corrected chi connectivity index (χ2v) is 9.12. The Hall–Kier alpha value is -1.28. The number of aryl methyl sites for hydroxylation is 1. The fraction of sp³-hybridized carbons (Fsp3) is 0.389. The minimum Gasteiger partial charge on any atom is -0.507 e. The van der Waals surface area contributed by atoms with Crippen molar-refractivity contribution < 1.29 is 9.90 Å². The number of amides is 1. The number of hydrogen-bond acceptors (Lipinski definition) is 4. The number of carbonyl (C=O) groups excluding carboxylic acids is 1. The van der Waals surface area contributed by atoms with Crippen LogP contribution in [0.25, 0.3) is 0 Å². The quantitative estimate of drug-likeness (QED) is 0.562. The highest BCUT2D eigenvalue weighted by atomic mass is 127. The van der Waals surface area contributed by atoms with E-state index in [0.717, 1.165) is 44.5 Å². The molecule has 0 saturated carbocycles. The van der Waals surface area contributed by atoms with E-state index in [-0.39, 0.29) is 11.7 Å². The van der Waals surface area contributed by atoms with Gasteiger partial charge in [0, 0.05) is 14.0 Å². The Labute approximate surface area is 158 Å². The van der Waals surface area contributed by atoms with Gasteiger partial charge in [-0.05, 0) is 78.0 Å². The van der Waals surface area contributed by atoms with Crippen molar-refractivity contribution in [3.8, 4) is 5.75 Å². The first-order valence-corrected chi connectivity index (χ1v) is 10.0. The van der Waals surface area contributed by atoms with Crippen LogP contribution in [0.5, 0.6) is 5.75 Å². The molecule has 1 aromatic heterocycles. The van der Waals surface area contributed by atoms with Crippen LogP contribution in [0.3, 0.4) is 0 Å². The van der Waals surface area contributed by atoms with E-state index in [2.05, 4.69) is 40.1 Å². The van der Waals surface area contributed by atoms with Crippen molar-refractivity contribution in [2.75, 3.05) is 5.32 Å². The summed E-state index contributed by atoms with van der Waals surface area (Å²) < 4.78 is 1.04. The number of aromatic hydroxyl groups is 1. The number of phenols is 1. The second kappa shape index (κ2) is 5.91. The second-order valence-electron chi connectivity index (χ2n) is 6.77. The van der Waals surface area contributed by atoms with Crippen LogP contribution < -0.4 is 10.6 Å². The average molecular weight is 454 g/mol. The summed E-state index contributed by atoms with van der Waals surface area (Å²) in [5, 5.41) is 17.8. The number of halogens is 1. The van der Waals surface area contributed by atoms with Gasteiger partial charge in [0.15, 0.2) is 0 Å². The molecule has 6 heteroatoms. The molecule has 4 nitrogen and oxygen atoms in total. The molecule has 4 rings (SSSR count). The molecule has 2 aromatic rings. The maximum Gasteiger partial charge on any atom is 0.256 e. The molecule has 1 amide bonds. The van der Waals surface area contributed by atoms with Gasteiger partial charge in [-0.3, -0.25) is 4.79 Å². The minimum atomic E-state index is -0.393. The first-order valence-electron chi connectivity index (χ1n) is 8.15. The lowest BCUT2D eigenvalue weighted by atomic mass is 9.88. The summed E-state index contributed by atoms with van der Waals surface area (Å²) in [5.74, 6) is 0.891. The molecule has 0 bridgehead atoms. The van der Waals surface area contributed by atoms with Gasteiger partial charge in [0.1, 0.15) is 16.9 Å². The zero-order chi connectivity index (χ0) is 17.0. The van der Waals surface area contributed by atoms with Crippen molar-refractivity contribution in [3.05, 3.63) is 42.8 Å². The molecule has 1 aromatic carbocycles. The number of phenolic OH excluding ortho intramolecular Hbond substituents is 1. The number of rotatable bonds is 1. The summed E-state index contributed by atoms with van der Waals surface area (Å²) in [6.07, 6.45) is 2.79. The van der Waals surface area contributed by atoms with Gasteiger partial charge in [0.2, 0.25) is 0 Å². The summed E-state index contributed by atoms with van der Waals surface area (Å²) in [7, 11) is 0. The Kier molecular flexibility index (Phi) is 3.99. The fourth-order valence-corrected chi connectivity index (χ4v) is 5.84. The summed E-state index contributed by atoms with van der Waals surface area (Å²) in [5.41, 5.74) is 3.58. The van der Waals surface area contributed by atoms with Crippen LogP contribution in [0, 0.1) is 16.4 Å². The van der Waals surface area contributed by atoms with Crippen molar-refractivity contribution in [1.29, 1.82) is 0 Å². The summed E-state index contributed by atoms with van der Waals surface area (Å²) in [6, 6.07) is 3.85. The topological polar surface area (TPSA) is 61.4 Å². The van der Waals surface area contributed by atoms with E-state index in [9.17, 15) is 9.90 Å². The highest BCUT2D eigenvalue weighted by Gasteiger charge is 2.34. The summed E-state index contributed by atoms with van der Waals surface area (Å²) >= 11 is 3.93. The van der Waals surface area contributed by atoms with Gasteiger partial charge >= 0.3 is 0 Å². The summed E-state index contributed by atoms with van der Waals surface area (Å²) in [4.78, 5) is 14.1. The number of benzene rings is 1. The Balaban J connectivity index is 1.74. The van der Waals surface area contributed by atoms with E-state index in [1.807, 2.05) is 19.1 Å². The third-order valence-electron chi connectivity index (χ3n) is 4.90. The maximum atomic E-state index is 12.7. The molecule has 2 heterocycles. The number of hydrogen-bond donors (Lipinski definition) is 3. The van der Waals surface area contributed by atoms with Crippen LogP contribution in [0.2, 0.25) is 0 Å². The molecule has 1 aliphatic carbocycles. The Bertz CT molecular complexity index is 846. The standard InChI is InChI=1S/C18H19IN2O2S/c1-8-3-4-11-13(5-8)24-18-14(11)17(23)20-16(21-18)12-7-10(19)6-9(2)15(12)22/h6-8,16,21-22H,3-5H2,1-2H3,(H,20,23)/t8-,16+/m1/s1. The van der Waals surface area contributed by atoms with E-state index in [0.29, 0.717) is 5.92 Å². The highest BCUT2D eigenvalue weighted by molar-refractivity contribution is 14.1. The lowest BCUT2D eigenvalue weighted by Gasteiger charge is -2.28. The molecule has 3 N–H and O–H groups in total. The van der Waals surface area contributed by atoms with Crippen LogP contribution in [0.15, 0.2) is 12.1 Å². The number of fused-ring (bicyclic) bond motifs is 3. The molecule has 2 aliphatic rings. The smallest absolute Gasteiger partial charge is 0.256 e. The predicted octanol–water partition coefficient (Wildman–Crippen LogP) is 4.35. The molecule has 1 aliphatic heterocycles. The van der Waals surface area contributed by atoms with E-state index < -0.39 is 6.17 Å². The van der Waals surface area contributed by atoms with Gasteiger partial charge < -0.3 is 15.7 Å². The maximum absolute atomic E-state index is 12.7. The van der Waals surface area contributed by atoms with E-state index in [4.69, 9.17) is 0 Å². The molecule has 0 spiro atoms. The molecular weight excluding hydrogens is 435 g/mol. The van der Waals surface area contributed by atoms with Gasteiger partial charge in [0.25, 0.3) is 5.91 Å². The molecular formula is C18H19IN2O2S. The van der Waals surface area contributed by atoms with Crippen molar-refractivity contribution in [1.82, 2.24) is 5.32 Å². The number of carbonyl (C=O) groups is 1. The lowest BCUT2D eigenvalue weighted by Crippen LogP contribution is -2.38. The molecule has 126 valence electrons. The van der Waals surface area contributed by atoms with Crippen LogP contribution in [0.4, 0.5) is 5.00 Å². The SMILES string of the molecule is Cc1cc(I)cc([C@H]2NC(=O)c3c(sc4c3CC[C@@H](C)C4)N2)c1O. The molecule has 0 radical (unpaired) electrons. The van der Waals surface area contributed by atoms with Crippen LogP contribution in [-0.4, -0.2) is 11.0 Å². The minimum absolute atomic E-state index is 0.0308. The molecule has 0 unspecified atom stereocenters. The number of anilines is 1. The van der Waals surface area contributed by atoms with Gasteiger partial charge in [-0.15, -0.1) is 11.3 Å². The first kappa shape index (κ1) is 16.2. The first-order chi connectivity index (χ1) is 11.4.